The molecular formula is C24H26ClN3O2S. The smallest absolute Gasteiger partial charge is 0.191 e. The van der Waals surface area contributed by atoms with E-state index in [1.165, 1.54) is 49.4 Å². The highest BCUT2D eigenvalue weighted by molar-refractivity contribution is 7.99. The van der Waals surface area contributed by atoms with E-state index in [1.54, 1.807) is 24.3 Å². The topological polar surface area (TPSA) is 57.0 Å². The molecule has 4 rings (SSSR count). The molecule has 0 radical (unpaired) electrons. The van der Waals surface area contributed by atoms with Gasteiger partial charge in [-0.15, -0.1) is 10.2 Å². The molecule has 7 heteroatoms. The van der Waals surface area contributed by atoms with Crippen molar-refractivity contribution in [1.82, 2.24) is 14.8 Å². The number of hydrogen-bond acceptors (Lipinski definition) is 5. The molecule has 162 valence electrons. The average Bonchev–Trinajstić information content (AvgIpc) is 3.16. The number of carbonyl (C=O) groups is 1. The lowest BCUT2D eigenvalue weighted by Crippen LogP contribution is -2.06. The molecule has 1 saturated carbocycles. The molecule has 1 fully saturated rings. The number of Topliss-reactive ketones (excluding diaryl/α,β-unsaturated/α-hetero) is 1. The summed E-state index contributed by atoms with van der Waals surface area (Å²) in [7, 11) is 1.89. The molecule has 0 saturated heterocycles. The van der Waals surface area contributed by atoms with E-state index in [4.69, 9.17) is 16.3 Å². The van der Waals surface area contributed by atoms with Crippen molar-refractivity contribution in [3.05, 3.63) is 70.5 Å². The number of ketones is 1. The summed E-state index contributed by atoms with van der Waals surface area (Å²) in [5, 5.41) is 9.73. The van der Waals surface area contributed by atoms with Crippen molar-refractivity contribution in [2.24, 2.45) is 7.05 Å². The summed E-state index contributed by atoms with van der Waals surface area (Å²) >= 11 is 7.25. The number of ether oxygens (including phenoxy) is 1. The van der Waals surface area contributed by atoms with Gasteiger partial charge < -0.3 is 9.30 Å². The van der Waals surface area contributed by atoms with E-state index in [9.17, 15) is 4.79 Å². The predicted molar refractivity (Wildman–Crippen MR) is 124 cm³/mol. The first-order valence-corrected chi connectivity index (χ1v) is 12.0. The quantitative estimate of drug-likeness (QED) is 0.304. The first kappa shape index (κ1) is 21.9. The zero-order valence-corrected chi connectivity index (χ0v) is 19.2. The van der Waals surface area contributed by atoms with Crippen LogP contribution in [0.3, 0.4) is 0 Å². The fourth-order valence-corrected chi connectivity index (χ4v) is 4.82. The predicted octanol–water partition coefficient (Wildman–Crippen LogP) is 6.07. The largest absolute Gasteiger partial charge is 0.486 e. The third-order valence-corrected chi connectivity index (χ3v) is 7.02. The van der Waals surface area contributed by atoms with Gasteiger partial charge in [0.15, 0.2) is 16.8 Å². The summed E-state index contributed by atoms with van der Waals surface area (Å²) in [6.45, 7) is 0.331. The maximum atomic E-state index is 12.4. The van der Waals surface area contributed by atoms with Gasteiger partial charge in [0.05, 0.1) is 5.75 Å². The Morgan fingerprint density at radius 3 is 2.48 bits per heavy atom. The Bertz CT molecular complexity index is 1010. The first-order chi connectivity index (χ1) is 15.1. The van der Waals surface area contributed by atoms with E-state index < -0.39 is 0 Å². The standard InChI is InChI=1S/C24H26ClN3O2S/c1-28-23(15-30-21-13-9-18(10-14-21)17-5-3-2-4-6-17)26-27-24(28)31-16-22(29)19-7-11-20(25)12-8-19/h7-14,17H,2-6,15-16H2,1H3. The summed E-state index contributed by atoms with van der Waals surface area (Å²) in [5.41, 5.74) is 2.05. The number of hydrogen-bond donors (Lipinski definition) is 0. The lowest BCUT2D eigenvalue weighted by molar-refractivity contribution is 0.102. The van der Waals surface area contributed by atoms with E-state index >= 15 is 0 Å². The van der Waals surface area contributed by atoms with E-state index in [0.717, 1.165) is 11.6 Å². The zero-order valence-electron chi connectivity index (χ0n) is 17.6. The molecule has 0 spiro atoms. The number of nitrogens with zero attached hydrogens (tertiary/aromatic N) is 3. The summed E-state index contributed by atoms with van der Waals surface area (Å²) < 4.78 is 7.79. The number of benzene rings is 2. The van der Waals surface area contributed by atoms with E-state index in [0.29, 0.717) is 28.3 Å². The van der Waals surface area contributed by atoms with Crippen LogP contribution in [-0.2, 0) is 13.7 Å². The van der Waals surface area contributed by atoms with Crippen LogP contribution in [0.2, 0.25) is 5.02 Å². The van der Waals surface area contributed by atoms with Crippen LogP contribution in [0.1, 0.15) is 59.8 Å². The second-order valence-electron chi connectivity index (χ2n) is 7.87. The Morgan fingerprint density at radius 2 is 1.77 bits per heavy atom. The van der Waals surface area contributed by atoms with Crippen LogP contribution in [0.25, 0.3) is 0 Å². The average molecular weight is 456 g/mol. The number of rotatable bonds is 8. The molecule has 1 aliphatic rings. The van der Waals surface area contributed by atoms with Gasteiger partial charge in [-0.3, -0.25) is 4.79 Å². The second-order valence-corrected chi connectivity index (χ2v) is 9.25. The maximum Gasteiger partial charge on any atom is 0.191 e. The minimum Gasteiger partial charge on any atom is -0.486 e. The minimum atomic E-state index is 0.0283. The van der Waals surface area contributed by atoms with E-state index in [1.807, 2.05) is 23.7 Å². The molecule has 0 atom stereocenters. The van der Waals surface area contributed by atoms with Crippen LogP contribution < -0.4 is 4.74 Å². The summed E-state index contributed by atoms with van der Waals surface area (Å²) in [6.07, 6.45) is 6.62. The van der Waals surface area contributed by atoms with Crippen molar-refractivity contribution in [1.29, 1.82) is 0 Å². The Balaban J connectivity index is 1.30. The van der Waals surface area contributed by atoms with Gasteiger partial charge in [0, 0.05) is 17.6 Å². The third-order valence-electron chi connectivity index (χ3n) is 5.75. The SMILES string of the molecule is Cn1c(COc2ccc(C3CCCCC3)cc2)nnc1SCC(=O)c1ccc(Cl)cc1. The Kier molecular flexibility index (Phi) is 7.30. The van der Waals surface area contributed by atoms with Gasteiger partial charge in [-0.2, -0.15) is 0 Å². The van der Waals surface area contributed by atoms with Crippen LogP contribution in [-0.4, -0.2) is 26.3 Å². The summed E-state index contributed by atoms with van der Waals surface area (Å²) in [4.78, 5) is 12.4. The fraction of sp³-hybridized carbons (Fsp3) is 0.375. The van der Waals surface area contributed by atoms with Gasteiger partial charge in [0.1, 0.15) is 12.4 Å². The highest BCUT2D eigenvalue weighted by Gasteiger charge is 2.16. The minimum absolute atomic E-state index is 0.0283. The molecule has 0 amide bonds. The van der Waals surface area contributed by atoms with Gasteiger partial charge in [-0.25, -0.2) is 0 Å². The number of halogens is 1. The zero-order chi connectivity index (χ0) is 21.6. The molecule has 0 unspecified atom stereocenters. The molecule has 0 N–H and O–H groups in total. The van der Waals surface area contributed by atoms with E-state index in [2.05, 4.69) is 22.3 Å². The lowest BCUT2D eigenvalue weighted by atomic mass is 9.84. The van der Waals surface area contributed by atoms with Crippen LogP contribution in [0.15, 0.2) is 53.7 Å². The van der Waals surface area contributed by atoms with Crippen LogP contribution in [0, 0.1) is 0 Å². The highest BCUT2D eigenvalue weighted by Crippen LogP contribution is 2.33. The number of carbonyl (C=O) groups excluding carboxylic acids is 1. The molecule has 0 aliphatic heterocycles. The number of thioether (sulfide) groups is 1. The normalized spacial score (nSPS) is 14.5. The molecule has 1 aromatic heterocycles. The van der Waals surface area contributed by atoms with Crippen molar-refractivity contribution >= 4 is 29.1 Å². The van der Waals surface area contributed by atoms with Crippen molar-refractivity contribution in [3.8, 4) is 5.75 Å². The third kappa shape index (κ3) is 5.69. The highest BCUT2D eigenvalue weighted by atomic mass is 35.5. The summed E-state index contributed by atoms with van der Waals surface area (Å²) in [6, 6.07) is 15.4. The van der Waals surface area contributed by atoms with Gasteiger partial charge in [0.25, 0.3) is 0 Å². The Morgan fingerprint density at radius 1 is 1.06 bits per heavy atom. The van der Waals surface area contributed by atoms with Gasteiger partial charge in [-0.05, 0) is 60.7 Å². The molecule has 3 aromatic rings. The molecule has 31 heavy (non-hydrogen) atoms. The van der Waals surface area contributed by atoms with Crippen molar-refractivity contribution in [3.63, 3.8) is 0 Å². The van der Waals surface area contributed by atoms with Crippen molar-refractivity contribution in [2.75, 3.05) is 5.75 Å². The summed E-state index contributed by atoms with van der Waals surface area (Å²) in [5.74, 6) is 2.56. The maximum absolute atomic E-state index is 12.4. The van der Waals surface area contributed by atoms with Gasteiger partial charge >= 0.3 is 0 Å². The molecular weight excluding hydrogens is 430 g/mol. The van der Waals surface area contributed by atoms with Crippen LogP contribution in [0.4, 0.5) is 0 Å². The van der Waals surface area contributed by atoms with Gasteiger partial charge in [-0.1, -0.05) is 54.8 Å². The molecule has 1 heterocycles. The molecule has 1 aliphatic carbocycles. The molecule has 5 nitrogen and oxygen atoms in total. The van der Waals surface area contributed by atoms with Crippen molar-refractivity contribution in [2.45, 2.75) is 49.8 Å². The van der Waals surface area contributed by atoms with Crippen LogP contribution in [0.5, 0.6) is 5.75 Å². The Hall–Kier alpha value is -2.31. The van der Waals surface area contributed by atoms with Gasteiger partial charge in [0.2, 0.25) is 0 Å². The first-order valence-electron chi connectivity index (χ1n) is 10.6. The Labute approximate surface area is 192 Å². The van der Waals surface area contributed by atoms with E-state index in [-0.39, 0.29) is 11.5 Å². The fourth-order valence-electron chi connectivity index (χ4n) is 3.87. The number of aromatic nitrogens is 3. The second kappa shape index (κ2) is 10.3. The van der Waals surface area contributed by atoms with Crippen LogP contribution >= 0.6 is 23.4 Å². The molecule has 2 aromatic carbocycles. The van der Waals surface area contributed by atoms with Crippen molar-refractivity contribution < 1.29 is 9.53 Å². The monoisotopic (exact) mass is 455 g/mol. The molecule has 0 bridgehead atoms. The lowest BCUT2D eigenvalue weighted by Gasteiger charge is -2.22.